The number of ether oxygens (including phenoxy) is 1. The minimum Gasteiger partial charge on any atom is -0.484 e. The molecule has 1 saturated heterocycles. The van der Waals surface area contributed by atoms with Crippen molar-refractivity contribution >= 4 is 16.8 Å². The number of fused-ring (bicyclic) bond motifs is 1. The molecule has 2 heterocycles. The third-order valence-electron chi connectivity index (χ3n) is 4.99. The highest BCUT2D eigenvalue weighted by Crippen LogP contribution is 2.28. The second-order valence-electron chi connectivity index (χ2n) is 7.01. The molecule has 2 aromatic carbocycles. The number of hydrogen-bond donors (Lipinski definition) is 1. The molecule has 4 rings (SSSR count). The molecule has 26 heavy (non-hydrogen) atoms. The summed E-state index contributed by atoms with van der Waals surface area (Å²) in [5, 5.41) is 1.09. The van der Waals surface area contributed by atoms with E-state index in [0.717, 1.165) is 22.0 Å². The van der Waals surface area contributed by atoms with Crippen LogP contribution in [0.3, 0.4) is 0 Å². The van der Waals surface area contributed by atoms with Gasteiger partial charge in [0, 0.05) is 10.9 Å². The summed E-state index contributed by atoms with van der Waals surface area (Å²) >= 11 is 0. The maximum absolute atomic E-state index is 13.7. The maximum Gasteiger partial charge on any atom is 0.270 e. The van der Waals surface area contributed by atoms with Crippen LogP contribution in [0.4, 0.5) is 4.39 Å². The molecule has 0 spiro atoms. The zero-order chi connectivity index (χ0) is 18.4. The number of hydrogen-bond acceptors (Lipinski definition) is 2. The number of aryl methyl sites for hydroxylation is 3. The molecule has 4 nitrogen and oxygen atoms in total. The molecule has 0 radical (unpaired) electrons. The number of H-pyrrole nitrogens is 1. The summed E-state index contributed by atoms with van der Waals surface area (Å²) in [7, 11) is 0. The van der Waals surface area contributed by atoms with Gasteiger partial charge < -0.3 is 14.6 Å². The number of carbonyl (C=O) groups is 1. The highest BCUT2D eigenvalue weighted by Gasteiger charge is 2.34. The van der Waals surface area contributed by atoms with Gasteiger partial charge in [-0.25, -0.2) is 4.39 Å². The third kappa shape index (κ3) is 2.73. The summed E-state index contributed by atoms with van der Waals surface area (Å²) in [4.78, 5) is 17.9. The van der Waals surface area contributed by atoms with Gasteiger partial charge in [-0.2, -0.15) is 0 Å². The summed E-state index contributed by atoms with van der Waals surface area (Å²) in [6, 6.07) is 10.5. The highest BCUT2D eigenvalue weighted by molar-refractivity contribution is 6.02. The molecular weight excluding hydrogens is 331 g/mol. The molecule has 1 amide bonds. The quantitative estimate of drug-likeness (QED) is 0.770. The number of benzene rings is 2. The molecule has 1 aliphatic heterocycles. The molecule has 1 N–H and O–H groups in total. The topological polar surface area (TPSA) is 45.3 Å². The van der Waals surface area contributed by atoms with Gasteiger partial charge >= 0.3 is 0 Å². The number of rotatable bonds is 3. The van der Waals surface area contributed by atoms with Gasteiger partial charge in [0.05, 0.1) is 13.1 Å². The van der Waals surface area contributed by atoms with Crippen LogP contribution in [0.25, 0.3) is 10.9 Å². The van der Waals surface area contributed by atoms with Crippen LogP contribution >= 0.6 is 0 Å². The molecule has 3 aromatic rings. The van der Waals surface area contributed by atoms with Crippen LogP contribution in [0.1, 0.15) is 27.2 Å². The van der Waals surface area contributed by atoms with E-state index in [9.17, 15) is 9.18 Å². The number of amides is 1. The van der Waals surface area contributed by atoms with Crippen molar-refractivity contribution in [3.63, 3.8) is 0 Å². The van der Waals surface area contributed by atoms with Crippen LogP contribution in [-0.2, 0) is 0 Å². The Kier molecular flexibility index (Phi) is 3.94. The van der Waals surface area contributed by atoms with Crippen LogP contribution in [0.15, 0.2) is 36.4 Å². The van der Waals surface area contributed by atoms with E-state index in [1.165, 1.54) is 11.6 Å². The van der Waals surface area contributed by atoms with Crippen LogP contribution in [-0.4, -0.2) is 35.0 Å². The fourth-order valence-electron chi connectivity index (χ4n) is 3.55. The molecular formula is C21H21FN2O2. The van der Waals surface area contributed by atoms with E-state index in [4.69, 9.17) is 4.74 Å². The van der Waals surface area contributed by atoms with Crippen LogP contribution < -0.4 is 4.74 Å². The van der Waals surface area contributed by atoms with Crippen molar-refractivity contribution in [2.24, 2.45) is 0 Å². The van der Waals surface area contributed by atoms with Crippen molar-refractivity contribution in [2.45, 2.75) is 26.9 Å². The monoisotopic (exact) mass is 352 g/mol. The number of carbonyl (C=O) groups excluding carboxylic acids is 1. The van der Waals surface area contributed by atoms with Gasteiger partial charge in [-0.05, 0) is 50.1 Å². The summed E-state index contributed by atoms with van der Waals surface area (Å²) in [6.45, 7) is 6.99. The Hall–Kier alpha value is -2.82. The predicted octanol–water partition coefficient (Wildman–Crippen LogP) is 4.14. The van der Waals surface area contributed by atoms with Gasteiger partial charge in [0.2, 0.25) is 0 Å². The smallest absolute Gasteiger partial charge is 0.270 e. The molecule has 5 heteroatoms. The fraction of sp³-hybridized carbons (Fsp3) is 0.286. The van der Waals surface area contributed by atoms with Crippen molar-refractivity contribution < 1.29 is 13.9 Å². The van der Waals surface area contributed by atoms with Crippen LogP contribution in [0, 0.1) is 26.6 Å². The minimum atomic E-state index is -0.380. The fourth-order valence-corrected chi connectivity index (χ4v) is 3.55. The SMILES string of the molecule is Cc1cc(C)c2[nH]c(C(=O)N3CC(Oc4ccccc4F)C3)c(C)c2c1. The molecule has 0 aliphatic carbocycles. The van der Waals surface area contributed by atoms with Gasteiger partial charge in [-0.15, -0.1) is 0 Å². The van der Waals surface area contributed by atoms with Crippen LogP contribution in [0.2, 0.25) is 0 Å². The normalized spacial score (nSPS) is 14.5. The number of nitrogens with zero attached hydrogens (tertiary/aromatic N) is 1. The lowest BCUT2D eigenvalue weighted by Crippen LogP contribution is -2.56. The Morgan fingerprint density at radius 2 is 1.92 bits per heavy atom. The van der Waals surface area contributed by atoms with Gasteiger partial charge in [0.15, 0.2) is 11.6 Å². The Bertz CT molecular complexity index is 1000. The summed E-state index contributed by atoms with van der Waals surface area (Å²) in [5.41, 5.74) is 4.91. The largest absolute Gasteiger partial charge is 0.484 e. The number of likely N-dealkylation sites (tertiary alicyclic amines) is 1. The molecule has 1 aliphatic rings. The second-order valence-corrected chi connectivity index (χ2v) is 7.01. The van der Waals surface area contributed by atoms with E-state index in [1.54, 1.807) is 23.1 Å². The first-order valence-electron chi connectivity index (χ1n) is 8.74. The van der Waals surface area contributed by atoms with Gasteiger partial charge in [0.25, 0.3) is 5.91 Å². The average Bonchev–Trinajstić information content (AvgIpc) is 2.89. The lowest BCUT2D eigenvalue weighted by Gasteiger charge is -2.38. The second kappa shape index (κ2) is 6.16. The Balaban J connectivity index is 1.50. The Morgan fingerprint density at radius 1 is 1.19 bits per heavy atom. The standard InChI is InChI=1S/C21H21FN2O2/c1-12-8-13(2)19-16(9-12)14(3)20(23-19)21(25)24-10-15(11-24)26-18-7-5-4-6-17(18)22/h4-9,15,23H,10-11H2,1-3H3. The first kappa shape index (κ1) is 16.6. The maximum atomic E-state index is 13.7. The molecule has 1 aromatic heterocycles. The molecule has 134 valence electrons. The molecule has 1 fully saturated rings. The third-order valence-corrected chi connectivity index (χ3v) is 4.99. The van der Waals surface area contributed by atoms with E-state index in [1.807, 2.05) is 13.8 Å². The number of aromatic nitrogens is 1. The van der Waals surface area contributed by atoms with E-state index in [0.29, 0.717) is 18.8 Å². The van der Waals surface area contributed by atoms with Gasteiger partial charge in [-0.3, -0.25) is 4.79 Å². The van der Waals surface area contributed by atoms with Crippen molar-refractivity contribution in [1.82, 2.24) is 9.88 Å². The van der Waals surface area contributed by atoms with Crippen molar-refractivity contribution in [3.05, 3.63) is 64.6 Å². The summed E-state index contributed by atoms with van der Waals surface area (Å²) in [6.07, 6.45) is -0.176. The first-order chi connectivity index (χ1) is 12.4. The first-order valence-corrected chi connectivity index (χ1v) is 8.74. The van der Waals surface area contributed by atoms with Crippen LogP contribution in [0.5, 0.6) is 5.75 Å². The summed E-state index contributed by atoms with van der Waals surface area (Å²) in [5.74, 6) is -0.184. The molecule has 0 saturated carbocycles. The zero-order valence-electron chi connectivity index (χ0n) is 15.1. The van der Waals surface area contributed by atoms with E-state index in [2.05, 4.69) is 24.0 Å². The lowest BCUT2D eigenvalue weighted by molar-refractivity contribution is 0.0159. The van der Waals surface area contributed by atoms with Crippen molar-refractivity contribution in [3.8, 4) is 5.75 Å². The number of para-hydroxylation sites is 1. The van der Waals surface area contributed by atoms with Gasteiger partial charge in [-0.1, -0.05) is 23.8 Å². The van der Waals surface area contributed by atoms with E-state index in [-0.39, 0.29) is 23.6 Å². The average molecular weight is 352 g/mol. The Labute approximate surface area is 151 Å². The summed E-state index contributed by atoms with van der Waals surface area (Å²) < 4.78 is 19.3. The minimum absolute atomic E-state index is 0.0378. The van der Waals surface area contributed by atoms with E-state index < -0.39 is 0 Å². The Morgan fingerprint density at radius 3 is 2.65 bits per heavy atom. The van der Waals surface area contributed by atoms with E-state index >= 15 is 0 Å². The predicted molar refractivity (Wildman–Crippen MR) is 99.2 cm³/mol. The number of halogens is 1. The lowest BCUT2D eigenvalue weighted by atomic mass is 10.0. The van der Waals surface area contributed by atoms with Gasteiger partial charge in [0.1, 0.15) is 11.8 Å². The van der Waals surface area contributed by atoms with Crippen molar-refractivity contribution in [1.29, 1.82) is 0 Å². The molecule has 0 bridgehead atoms. The van der Waals surface area contributed by atoms with Crippen molar-refractivity contribution in [2.75, 3.05) is 13.1 Å². The highest BCUT2D eigenvalue weighted by atomic mass is 19.1. The number of aromatic amines is 1. The molecule has 0 atom stereocenters. The zero-order valence-corrected chi connectivity index (χ0v) is 15.1. The number of nitrogens with one attached hydrogen (secondary N) is 1. The molecule has 0 unspecified atom stereocenters.